The van der Waals surface area contributed by atoms with Crippen molar-refractivity contribution in [2.75, 3.05) is 13.1 Å². The predicted octanol–water partition coefficient (Wildman–Crippen LogP) is 3.02. The molecule has 2 heterocycles. The molecule has 1 fully saturated rings. The van der Waals surface area contributed by atoms with Crippen molar-refractivity contribution in [3.05, 3.63) is 30.2 Å². The summed E-state index contributed by atoms with van der Waals surface area (Å²) in [4.78, 5) is 4.38. The Morgan fingerprint density at radius 1 is 1.29 bits per heavy atom. The topological polar surface area (TPSA) is 60.2 Å². The Bertz CT molecular complexity index is 563. The van der Waals surface area contributed by atoms with E-state index in [-0.39, 0.29) is 24.4 Å². The standard InChI is InChI=1S/C15H19N3O2.ClH/c1-10(2)15-17-14(18-20-15)11-3-5-12(6-4-11)19-13-7-8-16-9-13;/h3-6,10,13,16H,7-9H2,1-2H3;1H. The van der Waals surface area contributed by atoms with Crippen LogP contribution in [0.1, 0.15) is 32.1 Å². The van der Waals surface area contributed by atoms with Crippen LogP contribution in [0.25, 0.3) is 11.4 Å². The molecule has 1 atom stereocenters. The molecule has 21 heavy (non-hydrogen) atoms. The number of ether oxygens (including phenoxy) is 1. The van der Waals surface area contributed by atoms with Gasteiger partial charge in [-0.05, 0) is 37.2 Å². The van der Waals surface area contributed by atoms with Gasteiger partial charge in [0.05, 0.1) is 0 Å². The molecule has 0 saturated carbocycles. The summed E-state index contributed by atoms with van der Waals surface area (Å²) in [6.45, 7) is 6.02. The Balaban J connectivity index is 0.00000161. The van der Waals surface area contributed by atoms with Gasteiger partial charge < -0.3 is 14.6 Å². The highest BCUT2D eigenvalue weighted by Gasteiger charge is 2.16. The Kier molecular flexibility index (Phi) is 5.20. The number of halogens is 1. The first kappa shape index (κ1) is 15.8. The van der Waals surface area contributed by atoms with E-state index in [2.05, 4.69) is 15.5 Å². The van der Waals surface area contributed by atoms with Gasteiger partial charge in [-0.2, -0.15) is 4.98 Å². The summed E-state index contributed by atoms with van der Waals surface area (Å²) in [6, 6.07) is 7.84. The highest BCUT2D eigenvalue weighted by Crippen LogP contribution is 2.23. The molecular weight excluding hydrogens is 290 g/mol. The first-order valence-corrected chi connectivity index (χ1v) is 7.04. The lowest BCUT2D eigenvalue weighted by molar-refractivity contribution is 0.223. The van der Waals surface area contributed by atoms with Crippen molar-refractivity contribution in [1.29, 1.82) is 0 Å². The monoisotopic (exact) mass is 309 g/mol. The van der Waals surface area contributed by atoms with Crippen molar-refractivity contribution < 1.29 is 9.26 Å². The highest BCUT2D eigenvalue weighted by atomic mass is 35.5. The Labute approximate surface area is 130 Å². The minimum Gasteiger partial charge on any atom is -0.489 e. The fraction of sp³-hybridized carbons (Fsp3) is 0.467. The first-order chi connectivity index (χ1) is 9.72. The van der Waals surface area contributed by atoms with Crippen LogP contribution in [0.5, 0.6) is 5.75 Å². The smallest absolute Gasteiger partial charge is 0.229 e. The van der Waals surface area contributed by atoms with Gasteiger partial charge in [-0.25, -0.2) is 0 Å². The second-order valence-corrected chi connectivity index (χ2v) is 5.37. The van der Waals surface area contributed by atoms with E-state index in [4.69, 9.17) is 9.26 Å². The lowest BCUT2D eigenvalue weighted by Crippen LogP contribution is -2.19. The van der Waals surface area contributed by atoms with Crippen molar-refractivity contribution in [3.8, 4) is 17.1 Å². The quantitative estimate of drug-likeness (QED) is 0.940. The van der Waals surface area contributed by atoms with E-state index < -0.39 is 0 Å². The van der Waals surface area contributed by atoms with E-state index in [1.54, 1.807) is 0 Å². The van der Waals surface area contributed by atoms with E-state index >= 15 is 0 Å². The van der Waals surface area contributed by atoms with E-state index in [9.17, 15) is 0 Å². The van der Waals surface area contributed by atoms with Crippen LogP contribution in [-0.2, 0) is 0 Å². The van der Waals surface area contributed by atoms with Gasteiger partial charge in [-0.15, -0.1) is 12.4 Å². The molecule has 0 radical (unpaired) electrons. The summed E-state index contributed by atoms with van der Waals surface area (Å²) >= 11 is 0. The van der Waals surface area contributed by atoms with Crippen molar-refractivity contribution in [2.45, 2.75) is 32.3 Å². The van der Waals surface area contributed by atoms with E-state index in [1.165, 1.54) is 0 Å². The van der Waals surface area contributed by atoms with Gasteiger partial charge in [0.1, 0.15) is 11.9 Å². The zero-order valence-electron chi connectivity index (χ0n) is 12.2. The summed E-state index contributed by atoms with van der Waals surface area (Å²) in [6.07, 6.45) is 1.34. The number of nitrogens with one attached hydrogen (secondary N) is 1. The van der Waals surface area contributed by atoms with Gasteiger partial charge >= 0.3 is 0 Å². The number of hydrogen-bond donors (Lipinski definition) is 1. The summed E-state index contributed by atoms with van der Waals surface area (Å²) in [5.74, 6) is 2.42. The molecule has 1 aliphatic heterocycles. The minimum absolute atomic E-state index is 0. The van der Waals surface area contributed by atoms with Gasteiger partial charge in [-0.1, -0.05) is 19.0 Å². The van der Waals surface area contributed by atoms with Crippen LogP contribution in [0.4, 0.5) is 0 Å². The Morgan fingerprint density at radius 2 is 2.05 bits per heavy atom. The second-order valence-electron chi connectivity index (χ2n) is 5.37. The molecule has 5 nitrogen and oxygen atoms in total. The van der Waals surface area contributed by atoms with Crippen molar-refractivity contribution in [1.82, 2.24) is 15.5 Å². The third-order valence-electron chi connectivity index (χ3n) is 3.37. The molecule has 1 aromatic heterocycles. The molecule has 1 unspecified atom stereocenters. The minimum atomic E-state index is 0. The van der Waals surface area contributed by atoms with Crippen LogP contribution in [0.3, 0.4) is 0 Å². The van der Waals surface area contributed by atoms with Crippen LogP contribution >= 0.6 is 12.4 Å². The van der Waals surface area contributed by atoms with Gasteiger partial charge in [-0.3, -0.25) is 0 Å². The van der Waals surface area contributed by atoms with Gasteiger partial charge in [0.25, 0.3) is 0 Å². The van der Waals surface area contributed by atoms with Crippen molar-refractivity contribution >= 4 is 12.4 Å². The fourth-order valence-electron chi connectivity index (χ4n) is 2.19. The van der Waals surface area contributed by atoms with Crippen LogP contribution in [0.15, 0.2) is 28.8 Å². The molecule has 0 amide bonds. The van der Waals surface area contributed by atoms with Crippen molar-refractivity contribution in [3.63, 3.8) is 0 Å². The van der Waals surface area contributed by atoms with Gasteiger partial charge in [0, 0.05) is 18.0 Å². The maximum absolute atomic E-state index is 5.88. The normalized spacial score (nSPS) is 17.8. The SMILES string of the molecule is CC(C)c1nc(-c2ccc(OC3CCNC3)cc2)no1.Cl. The second kappa shape index (κ2) is 6.91. The molecule has 1 aromatic carbocycles. The number of nitrogens with zero attached hydrogens (tertiary/aromatic N) is 2. The van der Waals surface area contributed by atoms with Crippen LogP contribution in [-0.4, -0.2) is 29.3 Å². The lowest BCUT2D eigenvalue weighted by Gasteiger charge is -2.12. The Morgan fingerprint density at radius 3 is 2.62 bits per heavy atom. The van der Waals surface area contributed by atoms with Crippen molar-refractivity contribution in [2.24, 2.45) is 0 Å². The molecule has 3 rings (SSSR count). The molecule has 6 heteroatoms. The fourth-order valence-corrected chi connectivity index (χ4v) is 2.19. The molecule has 1 aliphatic rings. The van der Waals surface area contributed by atoms with Gasteiger partial charge in [0.2, 0.25) is 11.7 Å². The molecule has 0 spiro atoms. The van der Waals surface area contributed by atoms with Crippen LogP contribution in [0, 0.1) is 0 Å². The summed E-state index contributed by atoms with van der Waals surface area (Å²) in [5, 5.41) is 7.29. The number of hydrogen-bond acceptors (Lipinski definition) is 5. The molecule has 0 aliphatic carbocycles. The number of rotatable bonds is 4. The average Bonchev–Trinajstić information content (AvgIpc) is 3.10. The molecule has 0 bridgehead atoms. The summed E-state index contributed by atoms with van der Waals surface area (Å²) < 4.78 is 11.1. The average molecular weight is 310 g/mol. The zero-order chi connectivity index (χ0) is 13.9. The molecule has 1 saturated heterocycles. The zero-order valence-corrected chi connectivity index (χ0v) is 13.0. The molecular formula is C15H20ClN3O2. The Hall–Kier alpha value is -1.59. The summed E-state index contributed by atoms with van der Waals surface area (Å²) in [7, 11) is 0. The summed E-state index contributed by atoms with van der Waals surface area (Å²) in [5.41, 5.74) is 0.942. The van der Waals surface area contributed by atoms with E-state index in [1.807, 2.05) is 38.1 Å². The molecule has 1 N–H and O–H groups in total. The van der Waals surface area contributed by atoms with Crippen LogP contribution in [0.2, 0.25) is 0 Å². The maximum atomic E-state index is 5.88. The largest absolute Gasteiger partial charge is 0.489 e. The maximum Gasteiger partial charge on any atom is 0.229 e. The third-order valence-corrected chi connectivity index (χ3v) is 3.37. The first-order valence-electron chi connectivity index (χ1n) is 7.04. The molecule has 2 aromatic rings. The third kappa shape index (κ3) is 3.74. The number of aromatic nitrogens is 2. The van der Waals surface area contributed by atoms with Crippen LogP contribution < -0.4 is 10.1 Å². The lowest BCUT2D eigenvalue weighted by atomic mass is 10.2. The highest BCUT2D eigenvalue weighted by molar-refractivity contribution is 5.85. The van der Waals surface area contributed by atoms with E-state index in [0.29, 0.717) is 11.7 Å². The van der Waals surface area contributed by atoms with E-state index in [0.717, 1.165) is 30.8 Å². The number of benzene rings is 1. The van der Waals surface area contributed by atoms with Gasteiger partial charge in [0.15, 0.2) is 0 Å². The predicted molar refractivity (Wildman–Crippen MR) is 83.0 cm³/mol. The molecule has 114 valence electrons.